The summed E-state index contributed by atoms with van der Waals surface area (Å²) in [6.45, 7) is 29.6. The number of carbonyl (C=O) groups excluding carboxylic acids is 3. The average Bonchev–Trinajstić information content (AvgIpc) is 1.66. The van der Waals surface area contributed by atoms with Gasteiger partial charge < -0.3 is 59.1 Å². The van der Waals surface area contributed by atoms with Crippen LogP contribution in [0.1, 0.15) is 151 Å². The fraction of sp³-hybridized carbons (Fsp3) is 0.427. The van der Waals surface area contributed by atoms with E-state index in [-0.39, 0.29) is 17.7 Å². The summed E-state index contributed by atoms with van der Waals surface area (Å²) in [6.07, 6.45) is 22.2. The molecule has 3 N–H and O–H groups in total. The fourth-order valence-corrected chi connectivity index (χ4v) is 15.4. The monoisotopic (exact) mass is 1480 g/mol. The van der Waals surface area contributed by atoms with Crippen molar-refractivity contribution in [3.63, 3.8) is 0 Å². The smallest absolute Gasteiger partial charge is 0.253 e. The molecule has 0 aliphatic carbocycles. The van der Waals surface area contributed by atoms with E-state index in [0.29, 0.717) is 41.6 Å². The van der Waals surface area contributed by atoms with Gasteiger partial charge in [-0.2, -0.15) is 15.8 Å². The van der Waals surface area contributed by atoms with Crippen molar-refractivity contribution in [2.75, 3.05) is 126 Å². The number of pyridine rings is 3. The van der Waals surface area contributed by atoms with Crippen molar-refractivity contribution in [1.82, 2.24) is 59.3 Å². The zero-order valence-electron chi connectivity index (χ0n) is 65.2. The Morgan fingerprint density at radius 3 is 1.20 bits per heavy atom. The number of para-hydroxylation sites is 3. The van der Waals surface area contributed by atoms with Crippen LogP contribution < -0.4 is 30.7 Å². The molecule has 21 heteroatoms. The number of rotatable bonds is 28. The van der Waals surface area contributed by atoms with Crippen LogP contribution in [-0.4, -0.2) is 172 Å². The predicted molar refractivity (Wildman–Crippen MR) is 441 cm³/mol. The highest BCUT2D eigenvalue weighted by molar-refractivity contribution is 6.08. The first kappa shape index (κ1) is 80.1. The number of anilines is 3. The van der Waals surface area contributed by atoms with Gasteiger partial charge in [0.1, 0.15) is 35.7 Å². The van der Waals surface area contributed by atoms with Gasteiger partial charge in [-0.05, 0) is 163 Å². The maximum absolute atomic E-state index is 13.2. The molecule has 574 valence electrons. The number of fused-ring (bicyclic) bond motifs is 3. The Kier molecular flexibility index (Phi) is 29.9. The Labute approximate surface area is 650 Å². The molecule has 10 aromatic rings. The second-order valence-corrected chi connectivity index (χ2v) is 29.7. The maximum Gasteiger partial charge on any atom is 0.253 e. The highest BCUT2D eigenvalue weighted by Gasteiger charge is 2.25. The number of nitrogens with one attached hydrogen (secondary N) is 3. The molecule has 6 aromatic heterocycles. The van der Waals surface area contributed by atoms with Crippen LogP contribution in [-0.2, 0) is 26.2 Å². The summed E-state index contributed by atoms with van der Waals surface area (Å²) >= 11 is 0. The van der Waals surface area contributed by atoms with Gasteiger partial charge in [0.25, 0.3) is 17.7 Å². The minimum atomic E-state index is -0.0414. The van der Waals surface area contributed by atoms with Crippen molar-refractivity contribution >= 4 is 67.9 Å². The number of aryl methyl sites for hydroxylation is 4. The highest BCUT2D eigenvalue weighted by Crippen LogP contribution is 2.28. The number of aromatic nitrogens is 6. The number of hydrogen-bond donors (Lipinski definition) is 3. The van der Waals surface area contributed by atoms with Crippen LogP contribution in [0.5, 0.6) is 0 Å². The van der Waals surface area contributed by atoms with Gasteiger partial charge in [-0.15, -0.1) is 0 Å². The molecule has 1 atom stereocenters. The van der Waals surface area contributed by atoms with Gasteiger partial charge >= 0.3 is 0 Å². The molecule has 13 rings (SSSR count). The molecule has 0 spiro atoms. The normalized spacial score (nSPS) is 14.8. The first-order valence-corrected chi connectivity index (χ1v) is 39.9. The molecule has 110 heavy (non-hydrogen) atoms. The van der Waals surface area contributed by atoms with Gasteiger partial charge in [-0.1, -0.05) is 131 Å². The Bertz CT molecular complexity index is 4780. The Hall–Kier alpha value is -10.9. The van der Waals surface area contributed by atoms with Gasteiger partial charge in [-0.3, -0.25) is 14.4 Å². The summed E-state index contributed by atoms with van der Waals surface area (Å²) in [5, 5.41) is 40.7. The van der Waals surface area contributed by atoms with Crippen molar-refractivity contribution in [2.24, 2.45) is 11.8 Å². The Morgan fingerprint density at radius 2 is 0.827 bits per heavy atom. The molecule has 4 aromatic carbocycles. The quantitative estimate of drug-likeness (QED) is 0.0414. The third kappa shape index (κ3) is 21.7. The molecule has 3 fully saturated rings. The summed E-state index contributed by atoms with van der Waals surface area (Å²) in [4.78, 5) is 66.7. The standard InChI is InChI=1S/C31H34N6O.C31H42N6O.C27H34N6O/c1-24-8-4-9-25(20-24)22-34-31(38)28-23-37(29-12-3-2-11-27(28)29)17-7-15-35-14-6-16-36(19-18-35)30-26(21-32)10-5-13-33-30;1-3-5-11-25(4-2)23-34-31(38)28-24-37(29-14-7-6-13-27(28)29)19-10-17-35-16-9-18-36(21-20-35)30-26(22-32)12-8-15-33-30;1-21(2)19-30-27(34)24-20-33(25-10-4-3-9-23(24)25)15-7-13-31-12-6-14-32(17-16-31)26-22(18-28)8-5-11-29-26/h2-5,8-13,20,23H,6-7,14-19,22H2,1H3,(H,34,38);6-8,12-15,24-25H,3-5,9-11,16-21,23H2,1-2H3,(H,34,38);3-5,8-11,20-21H,6-7,12-17,19H2,1-2H3,(H,30,34). The molecule has 3 amide bonds. The van der Waals surface area contributed by atoms with Crippen LogP contribution in [0, 0.1) is 52.8 Å². The second-order valence-electron chi connectivity index (χ2n) is 29.7. The zero-order valence-corrected chi connectivity index (χ0v) is 65.2. The number of hydrogen-bond acceptors (Lipinski definition) is 15. The maximum atomic E-state index is 13.2. The van der Waals surface area contributed by atoms with E-state index < -0.39 is 0 Å². The fourth-order valence-electron chi connectivity index (χ4n) is 15.4. The number of amides is 3. The lowest BCUT2D eigenvalue weighted by Gasteiger charge is -2.23. The first-order valence-electron chi connectivity index (χ1n) is 39.9. The van der Waals surface area contributed by atoms with Crippen molar-refractivity contribution in [2.45, 2.75) is 125 Å². The van der Waals surface area contributed by atoms with Gasteiger partial charge in [0.15, 0.2) is 0 Å². The van der Waals surface area contributed by atoms with Crippen molar-refractivity contribution < 1.29 is 14.4 Å². The van der Waals surface area contributed by atoms with Gasteiger partial charge in [0.05, 0.1) is 33.4 Å². The van der Waals surface area contributed by atoms with Crippen molar-refractivity contribution in [1.29, 1.82) is 15.8 Å². The molecular formula is C89H110N18O3. The lowest BCUT2D eigenvalue weighted by atomic mass is 9.99. The number of carbonyl (C=O) groups is 3. The van der Waals surface area contributed by atoms with E-state index >= 15 is 0 Å². The Morgan fingerprint density at radius 1 is 0.436 bits per heavy atom. The number of benzene rings is 4. The zero-order chi connectivity index (χ0) is 77.0. The largest absolute Gasteiger partial charge is 0.354 e. The lowest BCUT2D eigenvalue weighted by Crippen LogP contribution is -2.32. The summed E-state index contributed by atoms with van der Waals surface area (Å²) < 4.78 is 6.68. The van der Waals surface area contributed by atoms with E-state index in [0.717, 1.165) is 242 Å². The van der Waals surface area contributed by atoms with Gasteiger partial charge in [0, 0.05) is 168 Å². The summed E-state index contributed by atoms with van der Waals surface area (Å²) in [5.74, 6) is 3.36. The average molecular weight is 1480 g/mol. The second kappa shape index (κ2) is 41.1. The van der Waals surface area contributed by atoms with Crippen LogP contribution >= 0.6 is 0 Å². The van der Waals surface area contributed by atoms with E-state index in [2.05, 4.69) is 169 Å². The third-order valence-electron chi connectivity index (χ3n) is 21.4. The minimum absolute atomic E-state index is 0.00233. The number of nitrogens with zero attached hydrogens (tertiary/aromatic N) is 15. The molecule has 0 bridgehead atoms. The molecule has 9 heterocycles. The van der Waals surface area contributed by atoms with Crippen LogP contribution in [0.3, 0.4) is 0 Å². The van der Waals surface area contributed by atoms with Gasteiger partial charge in [-0.25, -0.2) is 15.0 Å². The molecule has 1 unspecified atom stereocenters. The molecule has 0 saturated carbocycles. The van der Waals surface area contributed by atoms with Gasteiger partial charge in [0.2, 0.25) is 0 Å². The molecule has 21 nitrogen and oxygen atoms in total. The number of unbranched alkanes of at least 4 members (excludes halogenated alkanes) is 1. The van der Waals surface area contributed by atoms with Crippen LogP contribution in [0.15, 0.2) is 171 Å². The van der Waals surface area contributed by atoms with E-state index in [1.807, 2.05) is 110 Å². The predicted octanol–water partition coefficient (Wildman–Crippen LogP) is 14.1. The number of nitriles is 3. The van der Waals surface area contributed by atoms with Crippen LogP contribution in [0.25, 0.3) is 32.7 Å². The van der Waals surface area contributed by atoms with Crippen LogP contribution in [0.2, 0.25) is 0 Å². The molecule has 0 radical (unpaired) electrons. The lowest BCUT2D eigenvalue weighted by molar-refractivity contribution is 0.0940. The van der Waals surface area contributed by atoms with Crippen molar-refractivity contribution in [3.8, 4) is 18.2 Å². The van der Waals surface area contributed by atoms with Crippen molar-refractivity contribution in [3.05, 3.63) is 215 Å². The van der Waals surface area contributed by atoms with E-state index in [9.17, 15) is 30.2 Å². The summed E-state index contributed by atoms with van der Waals surface area (Å²) in [6, 6.07) is 50.6. The third-order valence-corrected chi connectivity index (χ3v) is 21.4. The molecule has 3 aliphatic heterocycles. The SMILES string of the molecule is CC(C)CNC(=O)c1cn(CCCN2CCCN(c3ncccc3C#N)CC2)c2ccccc12.CCCCC(CC)CNC(=O)c1cn(CCCN2CCCN(c3ncccc3C#N)CC2)c2ccccc12.Cc1cccc(CNC(=O)c2cn(CCCN3CCCN(c4ncccc4C#N)CC3)c3ccccc23)c1. The summed E-state index contributed by atoms with van der Waals surface area (Å²) in [5.41, 5.74) is 9.80. The minimum Gasteiger partial charge on any atom is -0.354 e. The van der Waals surface area contributed by atoms with E-state index in [4.69, 9.17) is 0 Å². The Balaban J connectivity index is 0.000000164. The summed E-state index contributed by atoms with van der Waals surface area (Å²) in [7, 11) is 0. The van der Waals surface area contributed by atoms with E-state index in [1.165, 1.54) is 24.8 Å². The van der Waals surface area contributed by atoms with Crippen LogP contribution in [0.4, 0.5) is 17.5 Å². The molecule has 3 aliphatic rings. The molecule has 3 saturated heterocycles. The first-order chi connectivity index (χ1) is 53.8. The van der Waals surface area contributed by atoms with E-state index in [1.54, 1.807) is 18.6 Å². The topological polar surface area (TPSA) is 232 Å². The molecular weight excluding hydrogens is 1370 g/mol. The highest BCUT2D eigenvalue weighted by atomic mass is 16.2.